The lowest BCUT2D eigenvalue weighted by molar-refractivity contribution is -0.119. The number of carbonyl (C=O) groups is 2. The van der Waals surface area contributed by atoms with Crippen molar-refractivity contribution < 1.29 is 9.59 Å². The summed E-state index contributed by atoms with van der Waals surface area (Å²) in [6.45, 7) is 1.71. The maximum absolute atomic E-state index is 12.2. The lowest BCUT2D eigenvalue weighted by Crippen LogP contribution is -2.48. The molecule has 2 aromatic carbocycles. The van der Waals surface area contributed by atoms with Crippen LogP contribution in [0.25, 0.3) is 10.8 Å². The van der Waals surface area contributed by atoms with E-state index in [0.29, 0.717) is 12.0 Å². The molecule has 0 unspecified atom stereocenters. The molecule has 0 saturated heterocycles. The third kappa shape index (κ3) is 3.76. The molecule has 2 aromatic rings. The largest absolute Gasteiger partial charge is 0.302 e. The lowest BCUT2D eigenvalue weighted by atomic mass is 10.0. The molecule has 2 amide bonds. The maximum atomic E-state index is 12.2. The molecule has 0 bridgehead atoms. The zero-order valence-corrected chi connectivity index (χ0v) is 12.3. The number of hydrazine groups is 1. The summed E-state index contributed by atoms with van der Waals surface area (Å²) in [6.07, 6.45) is 0.319. The molecule has 3 N–H and O–H groups in total. The van der Waals surface area contributed by atoms with E-state index < -0.39 is 0 Å². The fourth-order valence-corrected chi connectivity index (χ4v) is 2.02. The molecule has 0 aromatic heterocycles. The number of amides is 2. The smallest absolute Gasteiger partial charge is 0.270 e. The second kappa shape index (κ2) is 6.81. The fourth-order valence-electron chi connectivity index (χ4n) is 1.85. The molecule has 0 heterocycles. The molecule has 0 fully saturated rings. The third-order valence-electron chi connectivity index (χ3n) is 2.90. The van der Waals surface area contributed by atoms with Gasteiger partial charge in [-0.2, -0.15) is 0 Å². The van der Waals surface area contributed by atoms with E-state index >= 15 is 0 Å². The summed E-state index contributed by atoms with van der Waals surface area (Å²) < 4.78 is 0. The molecule has 0 spiro atoms. The van der Waals surface area contributed by atoms with E-state index in [4.69, 9.17) is 12.2 Å². The molecular weight excluding hydrogens is 286 g/mol. The van der Waals surface area contributed by atoms with Crippen molar-refractivity contribution in [1.29, 1.82) is 0 Å². The first-order valence-corrected chi connectivity index (χ1v) is 6.90. The van der Waals surface area contributed by atoms with E-state index in [1.54, 1.807) is 13.0 Å². The van der Waals surface area contributed by atoms with Crippen molar-refractivity contribution in [2.24, 2.45) is 0 Å². The molecule has 0 radical (unpaired) electrons. The predicted octanol–water partition coefficient (Wildman–Crippen LogP) is 1.89. The number of fused-ring (bicyclic) bond motifs is 1. The minimum absolute atomic E-state index is 0.0652. The number of hydrogen-bond donors (Lipinski definition) is 3. The molecule has 0 saturated carbocycles. The minimum Gasteiger partial charge on any atom is -0.302 e. The number of carbonyl (C=O) groups excluding carboxylic acids is 2. The van der Waals surface area contributed by atoms with Crippen LogP contribution in [-0.2, 0) is 4.79 Å². The van der Waals surface area contributed by atoms with E-state index in [1.165, 1.54) is 0 Å². The topological polar surface area (TPSA) is 70.2 Å². The third-order valence-corrected chi connectivity index (χ3v) is 3.10. The Kier molecular flexibility index (Phi) is 4.84. The van der Waals surface area contributed by atoms with Gasteiger partial charge in [-0.15, -0.1) is 0 Å². The minimum atomic E-state index is -0.320. The van der Waals surface area contributed by atoms with Crippen molar-refractivity contribution in [2.45, 2.75) is 13.3 Å². The molecule has 2 rings (SSSR count). The van der Waals surface area contributed by atoms with Crippen molar-refractivity contribution in [3.05, 3.63) is 48.0 Å². The Labute approximate surface area is 127 Å². The second-order valence-electron chi connectivity index (χ2n) is 4.34. The summed E-state index contributed by atoms with van der Waals surface area (Å²) >= 11 is 4.90. The van der Waals surface area contributed by atoms with Gasteiger partial charge in [-0.1, -0.05) is 43.3 Å². The average molecular weight is 301 g/mol. The van der Waals surface area contributed by atoms with Gasteiger partial charge in [0.25, 0.3) is 5.91 Å². The van der Waals surface area contributed by atoms with Gasteiger partial charge in [0.2, 0.25) is 5.91 Å². The van der Waals surface area contributed by atoms with Crippen LogP contribution in [0.5, 0.6) is 0 Å². The Morgan fingerprint density at radius 3 is 2.52 bits per heavy atom. The number of nitrogens with one attached hydrogen (secondary N) is 3. The maximum Gasteiger partial charge on any atom is 0.270 e. The van der Waals surface area contributed by atoms with Gasteiger partial charge >= 0.3 is 0 Å². The summed E-state index contributed by atoms with van der Waals surface area (Å²) in [5.74, 6) is -0.535. The molecule has 108 valence electrons. The number of benzene rings is 2. The zero-order chi connectivity index (χ0) is 15.2. The fraction of sp³-hybridized carbons (Fsp3) is 0.133. The Morgan fingerprint density at radius 1 is 1.05 bits per heavy atom. The average Bonchev–Trinajstić information content (AvgIpc) is 2.51. The highest BCUT2D eigenvalue weighted by Gasteiger charge is 2.10. The summed E-state index contributed by atoms with van der Waals surface area (Å²) in [4.78, 5) is 23.3. The second-order valence-corrected chi connectivity index (χ2v) is 4.74. The van der Waals surface area contributed by atoms with Gasteiger partial charge in [0.05, 0.1) is 0 Å². The normalized spacial score (nSPS) is 9.95. The van der Waals surface area contributed by atoms with Crippen LogP contribution in [0.2, 0.25) is 0 Å². The summed E-state index contributed by atoms with van der Waals surface area (Å²) in [7, 11) is 0. The molecule has 0 atom stereocenters. The first-order chi connectivity index (χ1) is 10.1. The van der Waals surface area contributed by atoms with E-state index in [2.05, 4.69) is 16.2 Å². The van der Waals surface area contributed by atoms with Crippen molar-refractivity contribution in [2.75, 3.05) is 0 Å². The Hall–Kier alpha value is -2.47. The van der Waals surface area contributed by atoms with Crippen LogP contribution in [0.4, 0.5) is 0 Å². The van der Waals surface area contributed by atoms with Gasteiger partial charge in [0, 0.05) is 12.0 Å². The summed E-state index contributed by atoms with van der Waals surface area (Å²) in [5, 5.41) is 4.33. The quantitative estimate of drug-likeness (QED) is 0.585. The highest BCUT2D eigenvalue weighted by atomic mass is 32.1. The van der Waals surface area contributed by atoms with Crippen LogP contribution in [-0.4, -0.2) is 16.9 Å². The first-order valence-electron chi connectivity index (χ1n) is 6.49. The van der Waals surface area contributed by atoms with E-state index in [9.17, 15) is 9.59 Å². The molecule has 6 heteroatoms. The van der Waals surface area contributed by atoms with Gasteiger partial charge in [-0.3, -0.25) is 20.4 Å². The van der Waals surface area contributed by atoms with Crippen LogP contribution in [0.1, 0.15) is 23.7 Å². The predicted molar refractivity (Wildman–Crippen MR) is 85.6 cm³/mol. The Morgan fingerprint density at radius 2 is 1.76 bits per heavy atom. The van der Waals surface area contributed by atoms with Crippen LogP contribution in [0, 0.1) is 0 Å². The van der Waals surface area contributed by atoms with Crippen LogP contribution in [0.15, 0.2) is 42.5 Å². The SMILES string of the molecule is CCC(=O)NC(=S)NNC(=O)c1cccc2ccccc12. The highest BCUT2D eigenvalue weighted by molar-refractivity contribution is 7.80. The summed E-state index contributed by atoms with van der Waals surface area (Å²) in [5.41, 5.74) is 5.52. The summed E-state index contributed by atoms with van der Waals surface area (Å²) in [6, 6.07) is 13.1. The zero-order valence-electron chi connectivity index (χ0n) is 11.5. The van der Waals surface area contributed by atoms with E-state index in [1.807, 2.05) is 36.4 Å². The molecular formula is C15H15N3O2S. The molecule has 5 nitrogen and oxygen atoms in total. The van der Waals surface area contributed by atoms with Crippen molar-refractivity contribution in [3.63, 3.8) is 0 Å². The number of hydrogen-bond acceptors (Lipinski definition) is 3. The van der Waals surface area contributed by atoms with Gasteiger partial charge < -0.3 is 5.32 Å². The highest BCUT2D eigenvalue weighted by Crippen LogP contribution is 2.17. The van der Waals surface area contributed by atoms with Crippen molar-refractivity contribution in [3.8, 4) is 0 Å². The van der Waals surface area contributed by atoms with Crippen LogP contribution >= 0.6 is 12.2 Å². The molecule has 0 aliphatic carbocycles. The van der Waals surface area contributed by atoms with Crippen molar-refractivity contribution >= 4 is 39.9 Å². The standard InChI is InChI=1S/C15H15N3O2S/c1-2-13(19)16-15(21)18-17-14(20)12-9-5-7-10-6-3-4-8-11(10)12/h3-9H,2H2,1H3,(H,17,20)(H2,16,18,19,21). The van der Waals surface area contributed by atoms with Crippen LogP contribution in [0.3, 0.4) is 0 Å². The van der Waals surface area contributed by atoms with Crippen LogP contribution < -0.4 is 16.2 Å². The van der Waals surface area contributed by atoms with Crippen molar-refractivity contribution in [1.82, 2.24) is 16.2 Å². The van der Waals surface area contributed by atoms with Gasteiger partial charge in [0.1, 0.15) is 0 Å². The Bertz CT molecular complexity index is 695. The van der Waals surface area contributed by atoms with E-state index in [0.717, 1.165) is 10.8 Å². The van der Waals surface area contributed by atoms with Gasteiger partial charge in [0.15, 0.2) is 5.11 Å². The Balaban J connectivity index is 2.06. The molecule has 0 aliphatic rings. The van der Waals surface area contributed by atoms with E-state index in [-0.39, 0.29) is 16.9 Å². The molecule has 0 aliphatic heterocycles. The lowest BCUT2D eigenvalue weighted by Gasteiger charge is -2.11. The van der Waals surface area contributed by atoms with Gasteiger partial charge in [-0.05, 0) is 29.1 Å². The monoisotopic (exact) mass is 301 g/mol. The molecule has 21 heavy (non-hydrogen) atoms. The number of rotatable bonds is 2. The van der Waals surface area contributed by atoms with Gasteiger partial charge in [-0.25, -0.2) is 0 Å². The first kappa shape index (κ1) is 14.9. The number of thiocarbonyl (C=S) groups is 1.